The van der Waals surface area contributed by atoms with Gasteiger partial charge in [0.1, 0.15) is 19.5 Å². The van der Waals surface area contributed by atoms with Crippen molar-refractivity contribution in [3.8, 4) is 0 Å². The molecule has 0 nitrogen and oxygen atoms in total. The summed E-state index contributed by atoms with van der Waals surface area (Å²) < 4.78 is -3.99. The maximum atomic E-state index is 6.73. The zero-order valence-corrected chi connectivity index (χ0v) is 17.8. The molecular formula is C10H3Cl11. The fourth-order valence-electron chi connectivity index (χ4n) is 3.45. The lowest BCUT2D eigenvalue weighted by Crippen LogP contribution is -2.65. The van der Waals surface area contributed by atoms with Crippen molar-refractivity contribution in [3.05, 3.63) is 10.1 Å². The maximum Gasteiger partial charge on any atom is 0.175 e. The third-order valence-electron chi connectivity index (χ3n) is 4.52. The lowest BCUT2D eigenvalue weighted by atomic mass is 9.82. The Morgan fingerprint density at radius 1 is 0.762 bits per heavy atom. The molecule has 0 spiro atoms. The molecule has 3 aliphatic rings. The molecule has 0 aromatic heterocycles. The van der Waals surface area contributed by atoms with Gasteiger partial charge in [0.25, 0.3) is 0 Å². The van der Waals surface area contributed by atoms with Gasteiger partial charge >= 0.3 is 0 Å². The van der Waals surface area contributed by atoms with Gasteiger partial charge in [-0.15, -0.1) is 58.0 Å². The van der Waals surface area contributed by atoms with Crippen molar-refractivity contribution in [1.29, 1.82) is 0 Å². The zero-order chi connectivity index (χ0) is 16.4. The van der Waals surface area contributed by atoms with E-state index in [1.165, 1.54) is 0 Å². The first kappa shape index (κ1) is 18.7. The number of rotatable bonds is 0. The van der Waals surface area contributed by atoms with Gasteiger partial charge in [0.15, 0.2) is 8.67 Å². The molecule has 5 unspecified atom stereocenters. The predicted molar refractivity (Wildman–Crippen MR) is 96.2 cm³/mol. The molecule has 0 radical (unpaired) electrons. The van der Waals surface area contributed by atoms with Crippen LogP contribution in [0.4, 0.5) is 0 Å². The molecular weight excluding hydrogens is 510 g/mol. The normalized spacial score (nSPS) is 57.0. The third-order valence-corrected chi connectivity index (χ3v) is 12.8. The summed E-state index contributed by atoms with van der Waals surface area (Å²) in [6.07, 6.45) is -0.0119. The molecule has 2 saturated carbocycles. The summed E-state index contributed by atoms with van der Waals surface area (Å²) in [6, 6.07) is 0. The summed E-state index contributed by atoms with van der Waals surface area (Å²) in [5, 5.41) is -1.21. The van der Waals surface area contributed by atoms with Crippen molar-refractivity contribution in [2.45, 2.75) is 40.0 Å². The van der Waals surface area contributed by atoms with E-state index < -0.39 is 33.5 Å². The quantitative estimate of drug-likeness (QED) is 0.307. The molecule has 0 aromatic carbocycles. The van der Waals surface area contributed by atoms with Crippen molar-refractivity contribution in [2.24, 2.45) is 0 Å². The largest absolute Gasteiger partial charge is 0.175 e. The van der Waals surface area contributed by atoms with E-state index in [4.69, 9.17) is 128 Å². The van der Waals surface area contributed by atoms with Crippen LogP contribution in [0.1, 0.15) is 6.42 Å². The first-order valence-electron chi connectivity index (χ1n) is 5.39. The molecule has 0 aromatic rings. The second-order valence-electron chi connectivity index (χ2n) is 5.34. The molecule has 3 rings (SSSR count). The van der Waals surface area contributed by atoms with Crippen LogP contribution in [-0.4, -0.2) is 33.5 Å². The van der Waals surface area contributed by atoms with Gasteiger partial charge < -0.3 is 0 Å². The molecule has 0 aliphatic heterocycles. The Morgan fingerprint density at radius 2 is 1.19 bits per heavy atom. The van der Waals surface area contributed by atoms with Crippen LogP contribution in [-0.2, 0) is 0 Å². The molecule has 3 aliphatic carbocycles. The number of hydrogen-bond donors (Lipinski definition) is 0. The smallest absolute Gasteiger partial charge is 0.118 e. The van der Waals surface area contributed by atoms with E-state index in [9.17, 15) is 0 Å². The van der Waals surface area contributed by atoms with Crippen LogP contribution in [0.25, 0.3) is 0 Å². The van der Waals surface area contributed by atoms with E-state index in [0.717, 1.165) is 0 Å². The van der Waals surface area contributed by atoms with Crippen LogP contribution >= 0.6 is 128 Å². The Bertz CT molecular complexity index is 584. The second-order valence-corrected chi connectivity index (χ2v) is 11.7. The van der Waals surface area contributed by atoms with Gasteiger partial charge in [0, 0.05) is 0 Å². The van der Waals surface area contributed by atoms with Crippen molar-refractivity contribution in [1.82, 2.24) is 0 Å². The highest BCUT2D eigenvalue weighted by Gasteiger charge is 2.96. The van der Waals surface area contributed by atoms with Gasteiger partial charge in [-0.1, -0.05) is 69.6 Å². The summed E-state index contributed by atoms with van der Waals surface area (Å²) in [4.78, 5) is -6.64. The predicted octanol–water partition coefficient (Wildman–Crippen LogP) is 6.97. The monoisotopic (exact) mass is 508 g/mol. The number of fused-ring (bicyclic) bond motifs is 5. The minimum Gasteiger partial charge on any atom is -0.118 e. The average Bonchev–Trinajstić information content (AvgIpc) is 2.69. The van der Waals surface area contributed by atoms with E-state index in [0.29, 0.717) is 0 Å². The zero-order valence-electron chi connectivity index (χ0n) is 9.44. The van der Waals surface area contributed by atoms with E-state index in [-0.39, 0.29) is 16.5 Å². The lowest BCUT2D eigenvalue weighted by molar-refractivity contribution is 0.440. The second kappa shape index (κ2) is 4.61. The topological polar surface area (TPSA) is 0 Å². The summed E-state index contributed by atoms with van der Waals surface area (Å²) >= 11 is 70.7. The molecule has 0 amide bonds. The van der Waals surface area contributed by atoms with E-state index in [2.05, 4.69) is 0 Å². The van der Waals surface area contributed by atoms with Crippen molar-refractivity contribution in [2.75, 3.05) is 0 Å². The van der Waals surface area contributed by atoms with Crippen LogP contribution in [0, 0.1) is 0 Å². The molecule has 0 saturated heterocycles. The Balaban J connectivity index is 2.45. The molecule has 21 heavy (non-hydrogen) atoms. The molecule has 120 valence electrons. The van der Waals surface area contributed by atoms with E-state index in [1.807, 2.05) is 0 Å². The van der Waals surface area contributed by atoms with Crippen LogP contribution in [0.15, 0.2) is 10.1 Å². The molecule has 11 heteroatoms. The highest BCUT2D eigenvalue weighted by Crippen LogP contribution is 2.85. The van der Waals surface area contributed by atoms with Crippen LogP contribution in [0.2, 0.25) is 0 Å². The summed E-state index contributed by atoms with van der Waals surface area (Å²) in [5.74, 6) is 0. The number of alkyl halides is 9. The standard InChI is InChI=1S/C10H3Cl11/c11-2-3(12)6(15)1-5(2,14)7(16)4(13)8(17,18)10(20,21)9(6,7)19/h4H,1H2. The Hall–Kier alpha value is 2.93. The van der Waals surface area contributed by atoms with Gasteiger partial charge in [-0.2, -0.15) is 0 Å². The molecule has 2 bridgehead atoms. The SMILES string of the molecule is ClC1=C(Cl)C2(Cl)CC1(Cl)C1(Cl)C(Cl)C(Cl)(Cl)C(Cl)(Cl)C21Cl. The summed E-state index contributed by atoms with van der Waals surface area (Å²) in [5.41, 5.74) is 0. The van der Waals surface area contributed by atoms with Crippen LogP contribution < -0.4 is 0 Å². The van der Waals surface area contributed by atoms with Crippen LogP contribution in [0.5, 0.6) is 0 Å². The van der Waals surface area contributed by atoms with Crippen molar-refractivity contribution in [3.63, 3.8) is 0 Å². The maximum absolute atomic E-state index is 6.73. The van der Waals surface area contributed by atoms with Crippen molar-refractivity contribution < 1.29 is 0 Å². The van der Waals surface area contributed by atoms with Gasteiger partial charge in [-0.05, 0) is 6.42 Å². The lowest BCUT2D eigenvalue weighted by Gasteiger charge is -2.49. The van der Waals surface area contributed by atoms with Gasteiger partial charge in [0.05, 0.1) is 15.4 Å². The minimum atomic E-state index is -2.05. The Labute approximate surface area is 176 Å². The Morgan fingerprint density at radius 3 is 1.67 bits per heavy atom. The number of hydrogen-bond acceptors (Lipinski definition) is 0. The van der Waals surface area contributed by atoms with Crippen LogP contribution in [0.3, 0.4) is 0 Å². The highest BCUT2D eigenvalue weighted by molar-refractivity contribution is 6.73. The van der Waals surface area contributed by atoms with Gasteiger partial charge in [0.2, 0.25) is 0 Å². The van der Waals surface area contributed by atoms with Crippen molar-refractivity contribution >= 4 is 128 Å². The fourth-order valence-corrected chi connectivity index (χ4v) is 9.49. The first-order valence-corrected chi connectivity index (χ1v) is 9.61. The Kier molecular flexibility index (Phi) is 4.10. The third kappa shape index (κ3) is 1.50. The highest BCUT2D eigenvalue weighted by atomic mass is 35.5. The van der Waals surface area contributed by atoms with E-state index in [1.54, 1.807) is 0 Å². The molecule has 5 atom stereocenters. The molecule has 0 N–H and O–H groups in total. The first-order chi connectivity index (χ1) is 9.18. The molecule has 2 fully saturated rings. The van der Waals surface area contributed by atoms with Gasteiger partial charge in [-0.25, -0.2) is 0 Å². The van der Waals surface area contributed by atoms with E-state index >= 15 is 0 Å². The summed E-state index contributed by atoms with van der Waals surface area (Å²) in [6.45, 7) is 0. The average molecular weight is 513 g/mol. The van der Waals surface area contributed by atoms with Gasteiger partial charge in [-0.3, -0.25) is 0 Å². The fraction of sp³-hybridized carbons (Fsp3) is 0.800. The minimum absolute atomic E-state index is 0.00711. The summed E-state index contributed by atoms with van der Waals surface area (Å²) in [7, 11) is 0. The number of halogens is 11. The number of allylic oxidation sites excluding steroid dienone is 2. The molecule has 0 heterocycles.